The monoisotopic (exact) mass is 263 g/mol. The van der Waals surface area contributed by atoms with Crippen molar-refractivity contribution in [1.29, 1.82) is 0 Å². The minimum absolute atomic E-state index is 0.296. The first-order valence-electron chi connectivity index (χ1n) is 7.61. The summed E-state index contributed by atoms with van der Waals surface area (Å²) in [4.78, 5) is 0. The molecule has 2 nitrogen and oxygen atoms in total. The van der Waals surface area contributed by atoms with E-state index < -0.39 is 0 Å². The Hall–Kier alpha value is -0.860. The van der Waals surface area contributed by atoms with Gasteiger partial charge in [-0.3, -0.25) is 0 Å². The average Bonchev–Trinajstić information content (AvgIpc) is 2.47. The van der Waals surface area contributed by atoms with Gasteiger partial charge in [0.05, 0.1) is 12.6 Å². The maximum absolute atomic E-state index is 5.93. The van der Waals surface area contributed by atoms with Gasteiger partial charge in [0.1, 0.15) is 0 Å². The van der Waals surface area contributed by atoms with E-state index in [4.69, 9.17) is 4.74 Å². The van der Waals surface area contributed by atoms with E-state index in [9.17, 15) is 0 Å². The lowest BCUT2D eigenvalue weighted by Crippen LogP contribution is -2.23. The van der Waals surface area contributed by atoms with Crippen LogP contribution in [0.1, 0.15) is 51.1 Å². The molecule has 2 heteroatoms. The predicted molar refractivity (Wildman–Crippen MR) is 82.4 cm³/mol. The summed E-state index contributed by atoms with van der Waals surface area (Å²) in [6.07, 6.45) is 5.10. The van der Waals surface area contributed by atoms with Crippen LogP contribution in [0.3, 0.4) is 0 Å². The first-order valence-corrected chi connectivity index (χ1v) is 7.61. The highest BCUT2D eigenvalue weighted by Crippen LogP contribution is 2.16. The molecule has 0 aliphatic rings. The molecule has 19 heavy (non-hydrogen) atoms. The van der Waals surface area contributed by atoms with Crippen molar-refractivity contribution >= 4 is 0 Å². The molecule has 2 unspecified atom stereocenters. The molecule has 1 rings (SSSR count). The zero-order valence-corrected chi connectivity index (χ0v) is 12.7. The molecule has 0 saturated heterocycles. The van der Waals surface area contributed by atoms with E-state index in [0.29, 0.717) is 12.0 Å². The van der Waals surface area contributed by atoms with Crippen LogP contribution in [0.4, 0.5) is 0 Å². The van der Waals surface area contributed by atoms with Crippen molar-refractivity contribution in [3.8, 4) is 0 Å². The van der Waals surface area contributed by atoms with Gasteiger partial charge in [-0.25, -0.2) is 0 Å². The molecule has 0 aliphatic heterocycles. The van der Waals surface area contributed by atoms with Crippen molar-refractivity contribution in [2.75, 3.05) is 20.3 Å². The Kier molecular flexibility index (Phi) is 8.52. The predicted octanol–water partition coefficient (Wildman–Crippen LogP) is 4.18. The van der Waals surface area contributed by atoms with Crippen molar-refractivity contribution in [3.63, 3.8) is 0 Å². The molecule has 1 aromatic carbocycles. The van der Waals surface area contributed by atoms with Gasteiger partial charge in [0.15, 0.2) is 0 Å². The van der Waals surface area contributed by atoms with Crippen LogP contribution < -0.4 is 5.32 Å². The number of benzene rings is 1. The summed E-state index contributed by atoms with van der Waals surface area (Å²) in [6.45, 7) is 6.15. The third kappa shape index (κ3) is 6.22. The van der Waals surface area contributed by atoms with E-state index in [2.05, 4.69) is 49.5 Å². The Morgan fingerprint density at radius 2 is 1.84 bits per heavy atom. The fraction of sp³-hybridized carbons (Fsp3) is 0.647. The van der Waals surface area contributed by atoms with E-state index in [0.717, 1.165) is 13.2 Å². The Balaban J connectivity index is 2.33. The highest BCUT2D eigenvalue weighted by atomic mass is 16.5. The minimum Gasteiger partial charge on any atom is -0.379 e. The number of ether oxygens (including phenoxy) is 1. The quantitative estimate of drug-likeness (QED) is 0.683. The second-order valence-electron chi connectivity index (χ2n) is 5.21. The lowest BCUT2D eigenvalue weighted by Gasteiger charge is -2.20. The van der Waals surface area contributed by atoms with Gasteiger partial charge in [-0.15, -0.1) is 0 Å². The van der Waals surface area contributed by atoms with Gasteiger partial charge < -0.3 is 10.1 Å². The summed E-state index contributed by atoms with van der Waals surface area (Å²) >= 11 is 0. The minimum atomic E-state index is 0.296. The molecule has 0 spiro atoms. The molecule has 0 radical (unpaired) electrons. The van der Waals surface area contributed by atoms with Crippen molar-refractivity contribution < 1.29 is 4.74 Å². The molecule has 108 valence electrons. The average molecular weight is 263 g/mol. The molecule has 0 saturated carbocycles. The van der Waals surface area contributed by atoms with Gasteiger partial charge in [0.25, 0.3) is 0 Å². The first kappa shape index (κ1) is 16.2. The molecule has 1 aromatic rings. The summed E-state index contributed by atoms with van der Waals surface area (Å²) in [5.41, 5.74) is 1.30. The third-order valence-corrected chi connectivity index (χ3v) is 3.73. The molecule has 1 N–H and O–H groups in total. The van der Waals surface area contributed by atoms with Gasteiger partial charge in [-0.05, 0) is 24.9 Å². The first-order chi connectivity index (χ1) is 9.31. The molecular weight excluding hydrogens is 234 g/mol. The normalized spacial score (nSPS) is 14.3. The lowest BCUT2D eigenvalue weighted by molar-refractivity contribution is 0.0781. The third-order valence-electron chi connectivity index (χ3n) is 3.73. The molecule has 0 heterocycles. The summed E-state index contributed by atoms with van der Waals surface area (Å²) < 4.78 is 5.93. The Morgan fingerprint density at radius 3 is 2.42 bits per heavy atom. The van der Waals surface area contributed by atoms with E-state index >= 15 is 0 Å². The van der Waals surface area contributed by atoms with Crippen LogP contribution in [0, 0.1) is 5.92 Å². The van der Waals surface area contributed by atoms with Crippen LogP contribution in [0.5, 0.6) is 0 Å². The van der Waals surface area contributed by atoms with Gasteiger partial charge in [0.2, 0.25) is 0 Å². The zero-order chi connectivity index (χ0) is 13.9. The maximum atomic E-state index is 5.93. The summed E-state index contributed by atoms with van der Waals surface area (Å²) in [6, 6.07) is 10.8. The summed E-state index contributed by atoms with van der Waals surface area (Å²) in [7, 11) is 2.00. The van der Waals surface area contributed by atoms with Crippen LogP contribution >= 0.6 is 0 Å². The van der Waals surface area contributed by atoms with E-state index in [1.807, 2.05) is 7.05 Å². The number of unbranched alkanes of at least 4 members (excludes halogenated alkanes) is 1. The molecule has 0 bridgehead atoms. The van der Waals surface area contributed by atoms with Crippen LogP contribution in [0.25, 0.3) is 0 Å². The van der Waals surface area contributed by atoms with Crippen molar-refractivity contribution in [2.24, 2.45) is 5.92 Å². The van der Waals surface area contributed by atoms with E-state index in [-0.39, 0.29) is 0 Å². The largest absolute Gasteiger partial charge is 0.379 e. The van der Waals surface area contributed by atoms with Gasteiger partial charge >= 0.3 is 0 Å². The number of likely N-dealkylation sites (N-methyl/N-ethyl adjacent to an activating group) is 1. The SMILES string of the molecule is CCCCC(CC)COCC(NC)c1ccccc1. The Labute approximate surface area is 118 Å². The van der Waals surface area contributed by atoms with Gasteiger partial charge in [-0.1, -0.05) is 63.4 Å². The molecule has 0 aliphatic carbocycles. The smallest absolute Gasteiger partial charge is 0.0661 e. The Bertz CT molecular complexity index is 312. The number of nitrogens with one attached hydrogen (secondary N) is 1. The second kappa shape index (κ2) is 9.99. The van der Waals surface area contributed by atoms with Crippen LogP contribution in [0.2, 0.25) is 0 Å². The van der Waals surface area contributed by atoms with Crippen LogP contribution in [0.15, 0.2) is 30.3 Å². The lowest BCUT2D eigenvalue weighted by atomic mass is 10.0. The summed E-state index contributed by atoms with van der Waals surface area (Å²) in [5.74, 6) is 0.716. The molecule has 2 atom stereocenters. The standard InChI is InChI=1S/C17H29NO/c1-4-6-10-15(5-2)13-19-14-17(18-3)16-11-8-7-9-12-16/h7-9,11-12,15,17-18H,4-6,10,13-14H2,1-3H3. The molecule has 0 aromatic heterocycles. The second-order valence-corrected chi connectivity index (χ2v) is 5.21. The summed E-state index contributed by atoms with van der Waals surface area (Å²) in [5, 5.41) is 3.33. The maximum Gasteiger partial charge on any atom is 0.0661 e. The zero-order valence-electron chi connectivity index (χ0n) is 12.7. The topological polar surface area (TPSA) is 21.3 Å². The van der Waals surface area contributed by atoms with Crippen LogP contribution in [-0.4, -0.2) is 20.3 Å². The Morgan fingerprint density at radius 1 is 1.11 bits per heavy atom. The highest BCUT2D eigenvalue weighted by molar-refractivity contribution is 5.18. The fourth-order valence-electron chi connectivity index (χ4n) is 2.28. The number of hydrogen-bond donors (Lipinski definition) is 1. The van der Waals surface area contributed by atoms with Crippen molar-refractivity contribution in [1.82, 2.24) is 5.32 Å². The van der Waals surface area contributed by atoms with Crippen molar-refractivity contribution in [2.45, 2.75) is 45.6 Å². The van der Waals surface area contributed by atoms with E-state index in [1.54, 1.807) is 0 Å². The van der Waals surface area contributed by atoms with Gasteiger partial charge in [-0.2, -0.15) is 0 Å². The van der Waals surface area contributed by atoms with Crippen LogP contribution in [-0.2, 0) is 4.74 Å². The highest BCUT2D eigenvalue weighted by Gasteiger charge is 2.11. The number of hydrogen-bond acceptors (Lipinski definition) is 2. The number of rotatable bonds is 10. The molecule has 0 fully saturated rings. The molecular formula is C17H29NO. The fourth-order valence-corrected chi connectivity index (χ4v) is 2.28. The van der Waals surface area contributed by atoms with E-state index in [1.165, 1.54) is 31.2 Å². The van der Waals surface area contributed by atoms with Gasteiger partial charge in [0, 0.05) is 6.61 Å². The molecule has 0 amide bonds. The van der Waals surface area contributed by atoms with Crippen molar-refractivity contribution in [3.05, 3.63) is 35.9 Å².